The van der Waals surface area contributed by atoms with E-state index in [1.165, 1.54) is 6.07 Å². The molecule has 1 rings (SSSR count). The summed E-state index contributed by atoms with van der Waals surface area (Å²) >= 11 is 0. The van der Waals surface area contributed by atoms with Gasteiger partial charge >= 0.3 is 0 Å². The van der Waals surface area contributed by atoms with Gasteiger partial charge in [-0.3, -0.25) is 4.79 Å². The molecule has 1 aromatic rings. The minimum atomic E-state index is -3.83. The van der Waals surface area contributed by atoms with Gasteiger partial charge in [0.2, 0.25) is 10.0 Å². The fraction of sp³-hybridized carbons (Fsp3) is 0.500. The Kier molecular flexibility index (Phi) is 6.32. The van der Waals surface area contributed by atoms with Crippen molar-refractivity contribution in [1.29, 1.82) is 0 Å². The summed E-state index contributed by atoms with van der Waals surface area (Å²) in [6, 6.07) is 4.41. The van der Waals surface area contributed by atoms with E-state index in [2.05, 4.69) is 5.32 Å². The second-order valence-corrected chi connectivity index (χ2v) is 6.78. The van der Waals surface area contributed by atoms with Gasteiger partial charge in [0, 0.05) is 18.7 Å². The fourth-order valence-corrected chi connectivity index (χ4v) is 2.51. The van der Waals surface area contributed by atoms with Crippen LogP contribution in [0.4, 0.5) is 0 Å². The quantitative estimate of drug-likeness (QED) is 0.735. The van der Waals surface area contributed by atoms with Crippen LogP contribution in [0.5, 0.6) is 0 Å². The molecule has 118 valence electrons. The van der Waals surface area contributed by atoms with Crippen molar-refractivity contribution in [2.24, 2.45) is 11.1 Å². The first-order valence-corrected chi connectivity index (χ1v) is 8.26. The number of nitrogens with two attached hydrogens (primary N) is 1. The monoisotopic (exact) mass is 314 g/mol. The number of hydrogen-bond acceptors (Lipinski definition) is 4. The highest BCUT2D eigenvalue weighted by Gasteiger charge is 2.14. The number of carbonyl (C=O) groups excluding carboxylic acids is 1. The molecule has 0 saturated carbocycles. The van der Waals surface area contributed by atoms with Gasteiger partial charge in [-0.2, -0.15) is 0 Å². The van der Waals surface area contributed by atoms with Crippen LogP contribution in [0.1, 0.15) is 29.8 Å². The van der Waals surface area contributed by atoms with Crippen molar-refractivity contribution in [3.63, 3.8) is 0 Å². The topological polar surface area (TPSA) is 98.5 Å². The van der Waals surface area contributed by atoms with Crippen LogP contribution in [0, 0.1) is 12.8 Å². The standard InChI is InChI=1S/C14H22N2O4S/c1-10(2)9-20-7-6-16-14(17)12-5-4-11(3)13(8-12)21(15,18)19/h4-5,8,10H,6-7,9H2,1-3H3,(H,16,17)(H2,15,18,19). The zero-order valence-corrected chi connectivity index (χ0v) is 13.4. The highest BCUT2D eigenvalue weighted by atomic mass is 32.2. The number of primary sulfonamides is 1. The first-order valence-electron chi connectivity index (χ1n) is 6.71. The average Bonchev–Trinajstić information content (AvgIpc) is 2.36. The lowest BCUT2D eigenvalue weighted by atomic mass is 10.1. The molecule has 0 fully saturated rings. The largest absolute Gasteiger partial charge is 0.379 e. The zero-order valence-electron chi connectivity index (χ0n) is 12.5. The van der Waals surface area contributed by atoms with E-state index in [9.17, 15) is 13.2 Å². The van der Waals surface area contributed by atoms with E-state index in [1.54, 1.807) is 19.1 Å². The summed E-state index contributed by atoms with van der Waals surface area (Å²) < 4.78 is 28.2. The molecule has 0 heterocycles. The lowest BCUT2D eigenvalue weighted by molar-refractivity contribution is 0.0886. The third-order valence-corrected chi connectivity index (χ3v) is 3.79. The molecule has 0 unspecified atom stereocenters. The van der Waals surface area contributed by atoms with Crippen molar-refractivity contribution in [2.75, 3.05) is 19.8 Å². The number of hydrogen-bond donors (Lipinski definition) is 2. The maximum Gasteiger partial charge on any atom is 0.251 e. The Labute approximate surface area is 125 Å². The number of aryl methyl sites for hydroxylation is 1. The number of rotatable bonds is 7. The Morgan fingerprint density at radius 1 is 1.38 bits per heavy atom. The molecule has 0 aromatic heterocycles. The second kappa shape index (κ2) is 7.53. The van der Waals surface area contributed by atoms with Gasteiger partial charge in [0.1, 0.15) is 0 Å². The van der Waals surface area contributed by atoms with Crippen LogP contribution < -0.4 is 10.5 Å². The van der Waals surface area contributed by atoms with Crippen LogP contribution in [-0.2, 0) is 14.8 Å². The van der Waals surface area contributed by atoms with Gasteiger partial charge in [0.25, 0.3) is 5.91 Å². The van der Waals surface area contributed by atoms with Gasteiger partial charge in [0.15, 0.2) is 0 Å². The summed E-state index contributed by atoms with van der Waals surface area (Å²) in [5.41, 5.74) is 0.766. The summed E-state index contributed by atoms with van der Waals surface area (Å²) in [7, 11) is -3.83. The molecule has 0 aliphatic rings. The Hall–Kier alpha value is -1.44. The summed E-state index contributed by atoms with van der Waals surface area (Å²) in [6.07, 6.45) is 0. The molecule has 1 amide bonds. The normalized spacial score (nSPS) is 11.7. The summed E-state index contributed by atoms with van der Waals surface area (Å²) in [4.78, 5) is 11.9. The molecule has 0 aliphatic heterocycles. The lowest BCUT2D eigenvalue weighted by Crippen LogP contribution is -2.28. The van der Waals surface area contributed by atoms with E-state index in [4.69, 9.17) is 9.88 Å². The molecule has 0 saturated heterocycles. The molecule has 6 nitrogen and oxygen atoms in total. The molecule has 0 aliphatic carbocycles. The maximum absolute atomic E-state index is 11.9. The molecule has 3 N–H and O–H groups in total. The number of amides is 1. The maximum atomic E-state index is 11.9. The molecule has 0 atom stereocenters. The molecular formula is C14H22N2O4S. The highest BCUT2D eigenvalue weighted by Crippen LogP contribution is 2.15. The number of ether oxygens (including phenoxy) is 1. The third-order valence-electron chi connectivity index (χ3n) is 2.74. The Bertz CT molecular complexity index is 597. The van der Waals surface area contributed by atoms with Crippen molar-refractivity contribution in [3.8, 4) is 0 Å². The van der Waals surface area contributed by atoms with E-state index in [0.29, 0.717) is 31.2 Å². The van der Waals surface area contributed by atoms with Gasteiger partial charge < -0.3 is 10.1 Å². The minimum absolute atomic E-state index is 0.0359. The highest BCUT2D eigenvalue weighted by molar-refractivity contribution is 7.89. The summed E-state index contributed by atoms with van der Waals surface area (Å²) in [6.45, 7) is 7.12. The molecule has 0 bridgehead atoms. The van der Waals surface area contributed by atoms with E-state index < -0.39 is 10.0 Å². The van der Waals surface area contributed by atoms with Crippen molar-refractivity contribution in [1.82, 2.24) is 5.32 Å². The zero-order chi connectivity index (χ0) is 16.0. The van der Waals surface area contributed by atoms with E-state index in [0.717, 1.165) is 0 Å². The van der Waals surface area contributed by atoms with E-state index >= 15 is 0 Å². The molecule has 7 heteroatoms. The van der Waals surface area contributed by atoms with Crippen molar-refractivity contribution in [3.05, 3.63) is 29.3 Å². The van der Waals surface area contributed by atoms with Crippen LogP contribution in [-0.4, -0.2) is 34.1 Å². The summed E-state index contributed by atoms with van der Waals surface area (Å²) in [5, 5.41) is 7.79. The molecule has 21 heavy (non-hydrogen) atoms. The van der Waals surface area contributed by atoms with Crippen molar-refractivity contribution >= 4 is 15.9 Å². The molecule has 0 spiro atoms. The van der Waals surface area contributed by atoms with Crippen LogP contribution in [0.2, 0.25) is 0 Å². The van der Waals surface area contributed by atoms with Gasteiger partial charge in [0.05, 0.1) is 11.5 Å². The van der Waals surface area contributed by atoms with E-state index in [-0.39, 0.29) is 16.4 Å². The lowest BCUT2D eigenvalue weighted by Gasteiger charge is -2.09. The predicted octanol–water partition coefficient (Wildman–Crippen LogP) is 1.04. The van der Waals surface area contributed by atoms with Crippen molar-refractivity contribution in [2.45, 2.75) is 25.7 Å². The first kappa shape index (κ1) is 17.6. The first-order chi connectivity index (χ1) is 9.71. The average molecular weight is 314 g/mol. The van der Waals surface area contributed by atoms with Crippen LogP contribution in [0.3, 0.4) is 0 Å². The molecule has 1 aromatic carbocycles. The van der Waals surface area contributed by atoms with Gasteiger partial charge in [-0.05, 0) is 30.5 Å². The van der Waals surface area contributed by atoms with Crippen LogP contribution >= 0.6 is 0 Å². The minimum Gasteiger partial charge on any atom is -0.379 e. The molecule has 0 radical (unpaired) electrons. The predicted molar refractivity (Wildman–Crippen MR) is 80.5 cm³/mol. The Morgan fingerprint density at radius 2 is 2.05 bits per heavy atom. The number of benzene rings is 1. The third kappa shape index (κ3) is 5.82. The summed E-state index contributed by atoms with van der Waals surface area (Å²) in [5.74, 6) is 0.0863. The fourth-order valence-electron chi connectivity index (χ4n) is 1.71. The van der Waals surface area contributed by atoms with Crippen LogP contribution in [0.25, 0.3) is 0 Å². The van der Waals surface area contributed by atoms with Gasteiger partial charge in [-0.25, -0.2) is 13.6 Å². The molecular weight excluding hydrogens is 292 g/mol. The van der Waals surface area contributed by atoms with Crippen molar-refractivity contribution < 1.29 is 17.9 Å². The second-order valence-electron chi connectivity index (χ2n) is 5.25. The number of nitrogens with one attached hydrogen (secondary N) is 1. The smallest absolute Gasteiger partial charge is 0.251 e. The van der Waals surface area contributed by atoms with Gasteiger partial charge in [-0.15, -0.1) is 0 Å². The number of sulfonamides is 1. The Morgan fingerprint density at radius 3 is 2.62 bits per heavy atom. The van der Waals surface area contributed by atoms with E-state index in [1.807, 2.05) is 13.8 Å². The van der Waals surface area contributed by atoms with Crippen LogP contribution in [0.15, 0.2) is 23.1 Å². The van der Waals surface area contributed by atoms with Gasteiger partial charge in [-0.1, -0.05) is 19.9 Å². The number of carbonyl (C=O) groups is 1. The SMILES string of the molecule is Cc1ccc(C(=O)NCCOCC(C)C)cc1S(N)(=O)=O. The Balaban J connectivity index is 2.63.